The summed E-state index contributed by atoms with van der Waals surface area (Å²) in [4.78, 5) is 34.7. The lowest BCUT2D eigenvalue weighted by molar-refractivity contribution is -0.145. The number of rotatable bonds is 9. The molecule has 0 saturated carbocycles. The van der Waals surface area contributed by atoms with Crippen LogP contribution in [-0.4, -0.2) is 82.5 Å². The lowest BCUT2D eigenvalue weighted by Crippen LogP contribution is -2.35. The van der Waals surface area contributed by atoms with Crippen LogP contribution in [-0.2, 0) is 17.8 Å². The van der Waals surface area contributed by atoms with Gasteiger partial charge < -0.3 is 33.7 Å². The van der Waals surface area contributed by atoms with Crippen LogP contribution in [0.5, 0.6) is 28.9 Å². The zero-order valence-corrected chi connectivity index (χ0v) is 34.6. The zero-order chi connectivity index (χ0) is 41.9. The van der Waals surface area contributed by atoms with Gasteiger partial charge in [-0.1, -0.05) is 41.9 Å². The standard InChI is InChI=1S/C45H39ClFN5O7S/c1-25-32-14-16-36(40(25)46)58-31(21-52(2)3)23-56-30-13-15-34(57-22-29-17-18-48-42(51-29)33-7-5-6-8-35(33)55-4)27(19-30)20-37(45(53)54)59-43-39-38(32)41(60-44(39)50-24-49-43)26-9-11-28(47)12-10-26/h5-19,24,31,37H,20-23H2,1-4H3,(H,53,54)/t31?,37-/m1/s1. The minimum atomic E-state index is -1.44. The maximum atomic E-state index is 14.2. The summed E-state index contributed by atoms with van der Waals surface area (Å²) in [6.07, 6.45) is 0.949. The summed E-state index contributed by atoms with van der Waals surface area (Å²) in [6, 6.07) is 24.3. The minimum Gasteiger partial charge on any atom is -0.496 e. The van der Waals surface area contributed by atoms with E-state index in [1.807, 2.05) is 56.3 Å². The molecule has 3 aromatic heterocycles. The molecule has 4 bridgehead atoms. The van der Waals surface area contributed by atoms with Crippen molar-refractivity contribution in [2.75, 3.05) is 34.4 Å². The summed E-state index contributed by atoms with van der Waals surface area (Å²) in [5.74, 6) is 0.860. The maximum Gasteiger partial charge on any atom is 0.345 e. The first-order chi connectivity index (χ1) is 29.1. The van der Waals surface area contributed by atoms with E-state index in [0.717, 1.165) is 21.6 Å². The molecule has 306 valence electrons. The summed E-state index contributed by atoms with van der Waals surface area (Å²) in [5, 5.41) is 11.6. The largest absolute Gasteiger partial charge is 0.496 e. The zero-order valence-electron chi connectivity index (χ0n) is 33.0. The van der Waals surface area contributed by atoms with Crippen LogP contribution in [0.1, 0.15) is 16.8 Å². The molecule has 0 aliphatic carbocycles. The summed E-state index contributed by atoms with van der Waals surface area (Å²) >= 11 is 8.46. The molecule has 1 unspecified atom stereocenters. The van der Waals surface area contributed by atoms with Gasteiger partial charge in [0, 0.05) is 35.2 Å². The highest BCUT2D eigenvalue weighted by molar-refractivity contribution is 7.22. The Balaban J connectivity index is 1.23. The van der Waals surface area contributed by atoms with Crippen molar-refractivity contribution >= 4 is 39.1 Å². The number of para-hydroxylation sites is 1. The van der Waals surface area contributed by atoms with E-state index in [9.17, 15) is 14.3 Å². The van der Waals surface area contributed by atoms with E-state index >= 15 is 0 Å². The molecule has 0 spiro atoms. The van der Waals surface area contributed by atoms with Crippen molar-refractivity contribution in [1.29, 1.82) is 0 Å². The Morgan fingerprint density at radius 2 is 1.80 bits per heavy atom. The van der Waals surface area contributed by atoms with Crippen LogP contribution in [0.4, 0.5) is 4.39 Å². The van der Waals surface area contributed by atoms with Crippen LogP contribution in [0.15, 0.2) is 97.5 Å². The fraction of sp³-hybridized carbons (Fsp3) is 0.222. The van der Waals surface area contributed by atoms with Gasteiger partial charge >= 0.3 is 5.97 Å². The molecular weight excluding hydrogens is 809 g/mol. The normalized spacial score (nSPS) is 15.2. The number of nitrogens with zero attached hydrogens (tertiary/aromatic N) is 5. The van der Waals surface area contributed by atoms with E-state index in [-0.39, 0.29) is 31.3 Å². The van der Waals surface area contributed by atoms with Gasteiger partial charge in [0.05, 0.1) is 28.8 Å². The number of benzene rings is 4. The smallest absolute Gasteiger partial charge is 0.345 e. The third kappa shape index (κ3) is 8.53. The number of halogens is 2. The van der Waals surface area contributed by atoms with Gasteiger partial charge in [0.25, 0.3) is 0 Å². The van der Waals surface area contributed by atoms with Crippen molar-refractivity contribution in [2.24, 2.45) is 0 Å². The number of likely N-dealkylation sites (N-methyl/N-ethyl adjacent to an activating group) is 1. The molecule has 12 nitrogen and oxygen atoms in total. The monoisotopic (exact) mass is 847 g/mol. The number of aliphatic carboxylic acids is 1. The lowest BCUT2D eigenvalue weighted by Gasteiger charge is -2.24. The molecule has 0 fully saturated rings. The van der Waals surface area contributed by atoms with E-state index < -0.39 is 18.2 Å². The van der Waals surface area contributed by atoms with E-state index in [0.29, 0.717) is 73.0 Å². The van der Waals surface area contributed by atoms with Crippen LogP contribution in [0, 0.1) is 12.7 Å². The molecule has 60 heavy (non-hydrogen) atoms. The van der Waals surface area contributed by atoms with Crippen molar-refractivity contribution in [3.63, 3.8) is 0 Å². The second-order valence-corrected chi connectivity index (χ2v) is 15.7. The Kier molecular flexibility index (Phi) is 11.8. The molecule has 2 atom stereocenters. The Morgan fingerprint density at radius 3 is 2.58 bits per heavy atom. The quantitative estimate of drug-likeness (QED) is 0.148. The highest BCUT2D eigenvalue weighted by atomic mass is 35.5. The molecule has 0 radical (unpaired) electrons. The van der Waals surface area contributed by atoms with Gasteiger partial charge in [-0.15, -0.1) is 11.3 Å². The molecular formula is C45H39ClFN5O7S. The average Bonchev–Trinajstić information content (AvgIpc) is 3.64. The Morgan fingerprint density at radius 1 is 0.983 bits per heavy atom. The molecule has 2 aliphatic rings. The Hall–Kier alpha value is -6.35. The fourth-order valence-corrected chi connectivity index (χ4v) is 8.39. The van der Waals surface area contributed by atoms with Crippen molar-refractivity contribution in [3.8, 4) is 61.8 Å². The highest BCUT2D eigenvalue weighted by Crippen LogP contribution is 2.49. The second-order valence-electron chi connectivity index (χ2n) is 14.3. The SMILES string of the molecule is COc1ccccc1-c1nccc(COc2ccc3cc2C[C@H](C(=O)O)Oc2ncnc4sc(-c5ccc(F)cc5)c(c24)-c2ccc(c(Cl)c2C)OC(CN(C)C)CO3)n1. The number of hydrogen-bond acceptors (Lipinski definition) is 12. The molecule has 5 heterocycles. The van der Waals surface area contributed by atoms with Crippen molar-refractivity contribution in [3.05, 3.63) is 125 Å². The topological polar surface area (TPSA) is 138 Å². The van der Waals surface area contributed by atoms with Crippen molar-refractivity contribution < 1.29 is 38.0 Å². The summed E-state index contributed by atoms with van der Waals surface area (Å²) < 4.78 is 45.4. The molecule has 2 aliphatic heterocycles. The number of carboxylic acid groups (broad SMARTS) is 1. The first kappa shape index (κ1) is 40.4. The van der Waals surface area contributed by atoms with Crippen LogP contribution in [0.2, 0.25) is 5.02 Å². The number of methoxy groups -OCH3 is 1. The van der Waals surface area contributed by atoms with Crippen molar-refractivity contribution in [2.45, 2.75) is 32.2 Å². The Bertz CT molecular complexity index is 2700. The van der Waals surface area contributed by atoms with Gasteiger partial charge in [-0.05, 0) is 92.3 Å². The van der Waals surface area contributed by atoms with Gasteiger partial charge in [0.2, 0.25) is 12.0 Å². The van der Waals surface area contributed by atoms with E-state index in [4.69, 9.17) is 40.3 Å². The predicted molar refractivity (Wildman–Crippen MR) is 227 cm³/mol. The highest BCUT2D eigenvalue weighted by Gasteiger charge is 2.29. The third-order valence-corrected chi connectivity index (χ3v) is 11.5. The van der Waals surface area contributed by atoms with Crippen LogP contribution < -0.4 is 23.7 Å². The third-order valence-electron chi connectivity index (χ3n) is 9.88. The number of carboxylic acids is 1. The van der Waals surface area contributed by atoms with E-state index in [1.165, 1.54) is 29.8 Å². The molecule has 7 aromatic rings. The lowest BCUT2D eigenvalue weighted by atomic mass is 9.96. The average molecular weight is 848 g/mol. The summed E-state index contributed by atoms with van der Waals surface area (Å²) in [7, 11) is 5.46. The summed E-state index contributed by atoms with van der Waals surface area (Å²) in [5.41, 5.74) is 4.61. The van der Waals surface area contributed by atoms with Gasteiger partial charge in [-0.2, -0.15) is 0 Å². The molecule has 0 amide bonds. The number of carbonyl (C=O) groups is 1. The molecule has 15 heteroatoms. The van der Waals surface area contributed by atoms with Crippen molar-refractivity contribution in [1.82, 2.24) is 24.8 Å². The maximum absolute atomic E-state index is 14.2. The van der Waals surface area contributed by atoms with Crippen LogP contribution in [0.3, 0.4) is 0 Å². The number of hydrogen-bond donors (Lipinski definition) is 1. The number of thiophene rings is 1. The molecule has 4 aromatic carbocycles. The van der Waals surface area contributed by atoms with Crippen LogP contribution >= 0.6 is 22.9 Å². The van der Waals surface area contributed by atoms with Gasteiger partial charge in [-0.25, -0.2) is 29.1 Å². The minimum absolute atomic E-state index is 0.0451. The van der Waals surface area contributed by atoms with E-state index in [2.05, 4.69) is 15.0 Å². The Labute approximate surface area is 354 Å². The van der Waals surface area contributed by atoms with E-state index in [1.54, 1.807) is 55.8 Å². The van der Waals surface area contributed by atoms with Gasteiger partial charge in [0.1, 0.15) is 59.3 Å². The molecule has 0 saturated heterocycles. The molecule has 9 rings (SSSR count). The summed E-state index contributed by atoms with van der Waals surface area (Å²) in [6.45, 7) is 2.57. The number of aromatic nitrogens is 4. The predicted octanol–water partition coefficient (Wildman–Crippen LogP) is 8.95. The first-order valence-electron chi connectivity index (χ1n) is 18.9. The van der Waals surface area contributed by atoms with Gasteiger partial charge in [-0.3, -0.25) is 0 Å². The second kappa shape index (κ2) is 17.5. The number of fused-ring (bicyclic) bond motifs is 7. The van der Waals surface area contributed by atoms with Crippen LogP contribution in [0.25, 0.3) is 43.2 Å². The number of ether oxygens (including phenoxy) is 5. The fourth-order valence-electron chi connectivity index (χ4n) is 7.03. The first-order valence-corrected chi connectivity index (χ1v) is 20.1. The van der Waals surface area contributed by atoms with Gasteiger partial charge in [0.15, 0.2) is 5.82 Å². The molecule has 1 N–H and O–H groups in total.